The molecule has 1 saturated heterocycles. The highest BCUT2D eigenvalue weighted by atomic mass is 35.5. The Balaban J connectivity index is 2.31. The van der Waals surface area contributed by atoms with Crippen molar-refractivity contribution in [3.8, 4) is 0 Å². The second-order valence-corrected chi connectivity index (χ2v) is 6.88. The third kappa shape index (κ3) is 2.40. The van der Waals surface area contributed by atoms with Crippen LogP contribution in [-0.2, 0) is 17.1 Å². The molecule has 1 aromatic rings. The maximum atomic E-state index is 12.4. The summed E-state index contributed by atoms with van der Waals surface area (Å²) in [6.07, 6.45) is 2.77. The molecule has 0 amide bonds. The van der Waals surface area contributed by atoms with Gasteiger partial charge in [0.1, 0.15) is 0 Å². The zero-order valence-corrected chi connectivity index (χ0v) is 11.9. The van der Waals surface area contributed by atoms with Crippen molar-refractivity contribution >= 4 is 21.6 Å². The monoisotopic (exact) mass is 292 g/mol. The number of aromatic nitrogens is 2. The van der Waals surface area contributed by atoms with Crippen LogP contribution in [0.5, 0.6) is 0 Å². The van der Waals surface area contributed by atoms with Gasteiger partial charge in [0.05, 0.1) is 0 Å². The summed E-state index contributed by atoms with van der Waals surface area (Å²) in [6, 6.07) is -0.0432. The highest BCUT2D eigenvalue weighted by molar-refractivity contribution is 7.89. The quantitative estimate of drug-likeness (QED) is 0.864. The van der Waals surface area contributed by atoms with Gasteiger partial charge in [-0.3, -0.25) is 0 Å². The molecule has 6 nitrogen and oxygen atoms in total. The van der Waals surface area contributed by atoms with Crippen molar-refractivity contribution in [3.63, 3.8) is 0 Å². The van der Waals surface area contributed by atoms with E-state index in [1.165, 1.54) is 15.1 Å². The first-order valence-corrected chi connectivity index (χ1v) is 7.60. The molecule has 1 aliphatic rings. The molecule has 2 rings (SSSR count). The van der Waals surface area contributed by atoms with Gasteiger partial charge in [0.15, 0.2) is 5.03 Å². The highest BCUT2D eigenvalue weighted by Gasteiger charge is 2.35. The maximum absolute atomic E-state index is 12.4. The van der Waals surface area contributed by atoms with Gasteiger partial charge >= 0.3 is 0 Å². The topological polar surface area (TPSA) is 81.2 Å². The number of hydrogen-bond acceptors (Lipinski definition) is 4. The first-order valence-electron chi connectivity index (χ1n) is 5.78. The number of rotatable bonds is 2. The number of nitrogens with zero attached hydrogens (tertiary/aromatic N) is 3. The van der Waals surface area contributed by atoms with Gasteiger partial charge in [-0.2, -0.15) is 4.31 Å². The van der Waals surface area contributed by atoms with Gasteiger partial charge in [0.2, 0.25) is 5.28 Å². The van der Waals surface area contributed by atoms with Crippen molar-refractivity contribution < 1.29 is 8.42 Å². The lowest BCUT2D eigenvalue weighted by molar-refractivity contribution is 0.246. The molecule has 2 atom stereocenters. The second kappa shape index (κ2) is 4.80. The second-order valence-electron chi connectivity index (χ2n) is 4.71. The Hall–Kier alpha value is -0.630. The largest absolute Gasteiger partial charge is 0.328 e. The lowest BCUT2D eigenvalue weighted by atomic mass is 10.0. The van der Waals surface area contributed by atoms with Crippen LogP contribution in [0.2, 0.25) is 5.28 Å². The first kappa shape index (κ1) is 13.8. The number of nitrogens with two attached hydrogens (primary N) is 1. The number of hydrogen-bond donors (Lipinski definition) is 1. The van der Waals surface area contributed by atoms with Gasteiger partial charge in [-0.05, 0) is 31.4 Å². The van der Waals surface area contributed by atoms with E-state index in [1.807, 2.05) is 6.92 Å². The Morgan fingerprint density at radius 2 is 2.22 bits per heavy atom. The zero-order valence-electron chi connectivity index (χ0n) is 10.4. The molecule has 1 aromatic heterocycles. The molecule has 8 heteroatoms. The van der Waals surface area contributed by atoms with Crippen LogP contribution in [0.3, 0.4) is 0 Å². The molecule has 0 radical (unpaired) electrons. The summed E-state index contributed by atoms with van der Waals surface area (Å²) >= 11 is 5.78. The van der Waals surface area contributed by atoms with Crippen molar-refractivity contribution in [2.45, 2.75) is 36.9 Å². The van der Waals surface area contributed by atoms with Crippen molar-refractivity contribution in [3.05, 3.63) is 11.5 Å². The molecule has 102 valence electrons. The van der Waals surface area contributed by atoms with Gasteiger partial charge in [0, 0.05) is 31.9 Å². The summed E-state index contributed by atoms with van der Waals surface area (Å²) in [5.74, 6) is 0. The molecule has 1 fully saturated rings. The Kier molecular flexibility index (Phi) is 3.68. The van der Waals surface area contributed by atoms with Gasteiger partial charge in [-0.1, -0.05) is 0 Å². The third-order valence-corrected chi connectivity index (χ3v) is 5.46. The fourth-order valence-electron chi connectivity index (χ4n) is 2.21. The smallest absolute Gasteiger partial charge is 0.262 e. The Morgan fingerprint density at radius 1 is 1.56 bits per heavy atom. The molecular weight excluding hydrogens is 276 g/mol. The average Bonchev–Trinajstić information content (AvgIpc) is 2.59. The third-order valence-electron chi connectivity index (χ3n) is 3.23. The predicted octanol–water partition coefficient (Wildman–Crippen LogP) is 0.574. The van der Waals surface area contributed by atoms with Crippen LogP contribution < -0.4 is 5.73 Å². The fourth-order valence-corrected chi connectivity index (χ4v) is 4.04. The van der Waals surface area contributed by atoms with Crippen molar-refractivity contribution in [1.82, 2.24) is 13.9 Å². The van der Waals surface area contributed by atoms with Crippen LogP contribution in [0.25, 0.3) is 0 Å². The summed E-state index contributed by atoms with van der Waals surface area (Å²) in [6.45, 7) is 2.29. The lowest BCUT2D eigenvalue weighted by Gasteiger charge is -2.34. The molecule has 0 saturated carbocycles. The Labute approximate surface area is 112 Å². The molecule has 0 unspecified atom stereocenters. The minimum absolute atomic E-state index is 0.00248. The molecular formula is C10H17ClN4O2S. The molecule has 0 aliphatic carbocycles. The van der Waals surface area contributed by atoms with Gasteiger partial charge in [0.25, 0.3) is 10.0 Å². The van der Waals surface area contributed by atoms with E-state index in [4.69, 9.17) is 17.3 Å². The van der Waals surface area contributed by atoms with E-state index in [0.29, 0.717) is 19.4 Å². The molecule has 2 N–H and O–H groups in total. The number of sulfonamides is 1. The standard InChI is InChI=1S/C10H17ClN4O2S/c1-7-5-8(12)3-4-15(7)18(16,17)9-6-14(2)10(11)13-9/h6-8H,3-5,12H2,1-2H3/t7-,8-/m1/s1. The highest BCUT2D eigenvalue weighted by Crippen LogP contribution is 2.24. The number of piperidine rings is 1. The minimum Gasteiger partial charge on any atom is -0.328 e. The molecule has 0 bridgehead atoms. The van der Waals surface area contributed by atoms with Crippen LogP contribution in [0.15, 0.2) is 11.2 Å². The van der Waals surface area contributed by atoms with Crippen LogP contribution in [0.4, 0.5) is 0 Å². The van der Waals surface area contributed by atoms with Gasteiger partial charge in [-0.15, -0.1) is 0 Å². The number of halogens is 1. The fraction of sp³-hybridized carbons (Fsp3) is 0.700. The predicted molar refractivity (Wildman–Crippen MR) is 68.8 cm³/mol. The molecule has 0 spiro atoms. The van der Waals surface area contributed by atoms with E-state index in [0.717, 1.165) is 0 Å². The summed E-state index contributed by atoms with van der Waals surface area (Å²) in [5, 5.41) is 0.160. The van der Waals surface area contributed by atoms with Gasteiger partial charge in [-0.25, -0.2) is 13.4 Å². The van der Waals surface area contributed by atoms with E-state index in [1.54, 1.807) is 7.05 Å². The molecule has 2 heterocycles. The van der Waals surface area contributed by atoms with Crippen LogP contribution >= 0.6 is 11.6 Å². The van der Waals surface area contributed by atoms with Crippen LogP contribution in [0.1, 0.15) is 19.8 Å². The molecule has 0 aromatic carbocycles. The first-order chi connectivity index (χ1) is 8.32. The summed E-state index contributed by atoms with van der Waals surface area (Å²) in [7, 11) is -1.92. The van der Waals surface area contributed by atoms with Crippen molar-refractivity contribution in [2.24, 2.45) is 12.8 Å². The van der Waals surface area contributed by atoms with Gasteiger partial charge < -0.3 is 10.3 Å². The summed E-state index contributed by atoms with van der Waals surface area (Å²) in [4.78, 5) is 3.88. The zero-order chi connectivity index (χ0) is 13.5. The van der Waals surface area contributed by atoms with Crippen molar-refractivity contribution in [2.75, 3.05) is 6.54 Å². The normalized spacial score (nSPS) is 26.4. The van der Waals surface area contributed by atoms with E-state index in [9.17, 15) is 8.42 Å². The number of imidazole rings is 1. The lowest BCUT2D eigenvalue weighted by Crippen LogP contribution is -2.48. The molecule has 1 aliphatic heterocycles. The average molecular weight is 293 g/mol. The SMILES string of the molecule is C[C@@H]1C[C@H](N)CCN1S(=O)(=O)c1cn(C)c(Cl)n1. The summed E-state index contributed by atoms with van der Waals surface area (Å²) in [5.41, 5.74) is 5.84. The Morgan fingerprint density at radius 3 is 2.72 bits per heavy atom. The van der Waals surface area contributed by atoms with E-state index in [2.05, 4.69) is 4.98 Å². The number of aryl methyl sites for hydroxylation is 1. The summed E-state index contributed by atoms with van der Waals surface area (Å²) < 4.78 is 27.8. The minimum atomic E-state index is -3.57. The van der Waals surface area contributed by atoms with E-state index in [-0.39, 0.29) is 22.4 Å². The Bertz CT molecular complexity index is 523. The van der Waals surface area contributed by atoms with Crippen LogP contribution in [-0.4, -0.2) is 40.9 Å². The molecule has 18 heavy (non-hydrogen) atoms. The van der Waals surface area contributed by atoms with E-state index < -0.39 is 10.0 Å². The maximum Gasteiger partial charge on any atom is 0.262 e. The van der Waals surface area contributed by atoms with Crippen molar-refractivity contribution in [1.29, 1.82) is 0 Å². The van der Waals surface area contributed by atoms with E-state index >= 15 is 0 Å². The van der Waals surface area contributed by atoms with Crippen LogP contribution in [0, 0.1) is 0 Å².